The number of rotatable bonds is 2. The summed E-state index contributed by atoms with van der Waals surface area (Å²) in [5, 5.41) is 9.09. The Morgan fingerprint density at radius 3 is 2.30 bits per heavy atom. The standard InChI is InChI=1S/C13H18N2O4S/c1-10-9-15(11(2)8-14(10)13(16)17)20(18,19)12-6-4-3-5-7-12/h3-7,10-11H,8-9H2,1-2H3,(H,16,17)/t10-,11+/m0/s1. The quantitative estimate of drug-likeness (QED) is 0.896. The third-order valence-electron chi connectivity index (χ3n) is 3.52. The summed E-state index contributed by atoms with van der Waals surface area (Å²) in [7, 11) is -3.58. The second kappa shape index (κ2) is 5.41. The first-order valence-corrected chi connectivity index (χ1v) is 7.84. The van der Waals surface area contributed by atoms with Crippen LogP contribution in [-0.2, 0) is 10.0 Å². The van der Waals surface area contributed by atoms with Crippen molar-refractivity contribution >= 4 is 16.1 Å². The number of hydrogen-bond acceptors (Lipinski definition) is 3. The van der Waals surface area contributed by atoms with Gasteiger partial charge in [-0.25, -0.2) is 13.2 Å². The first-order valence-electron chi connectivity index (χ1n) is 6.40. The van der Waals surface area contributed by atoms with Crippen molar-refractivity contribution in [3.05, 3.63) is 30.3 Å². The highest BCUT2D eigenvalue weighted by molar-refractivity contribution is 7.89. The van der Waals surface area contributed by atoms with Gasteiger partial charge in [0.2, 0.25) is 10.0 Å². The number of carboxylic acid groups (broad SMARTS) is 1. The van der Waals surface area contributed by atoms with Gasteiger partial charge in [0, 0.05) is 25.2 Å². The first-order chi connectivity index (χ1) is 9.34. The van der Waals surface area contributed by atoms with Crippen molar-refractivity contribution in [2.24, 2.45) is 0 Å². The van der Waals surface area contributed by atoms with Crippen LogP contribution in [0, 0.1) is 0 Å². The summed E-state index contributed by atoms with van der Waals surface area (Å²) in [6.45, 7) is 3.79. The van der Waals surface area contributed by atoms with Gasteiger partial charge in [0.05, 0.1) is 4.90 Å². The topological polar surface area (TPSA) is 77.9 Å². The van der Waals surface area contributed by atoms with Crippen LogP contribution in [0.2, 0.25) is 0 Å². The second-order valence-electron chi connectivity index (χ2n) is 5.02. The van der Waals surface area contributed by atoms with Crippen molar-refractivity contribution in [1.29, 1.82) is 0 Å². The van der Waals surface area contributed by atoms with Gasteiger partial charge in [0.15, 0.2) is 0 Å². The molecule has 2 rings (SSSR count). The molecule has 1 heterocycles. The van der Waals surface area contributed by atoms with Gasteiger partial charge in [0.25, 0.3) is 0 Å². The summed E-state index contributed by atoms with van der Waals surface area (Å²) in [5.41, 5.74) is 0. The summed E-state index contributed by atoms with van der Waals surface area (Å²) in [6, 6.07) is 7.47. The minimum atomic E-state index is -3.58. The lowest BCUT2D eigenvalue weighted by atomic mass is 10.1. The van der Waals surface area contributed by atoms with E-state index in [9.17, 15) is 13.2 Å². The van der Waals surface area contributed by atoms with E-state index in [-0.39, 0.29) is 30.1 Å². The highest BCUT2D eigenvalue weighted by Crippen LogP contribution is 2.23. The third-order valence-corrected chi connectivity index (χ3v) is 5.52. The van der Waals surface area contributed by atoms with Gasteiger partial charge in [0.1, 0.15) is 0 Å². The molecule has 1 saturated heterocycles. The Hall–Kier alpha value is -1.60. The molecule has 20 heavy (non-hydrogen) atoms. The zero-order valence-electron chi connectivity index (χ0n) is 11.4. The maximum atomic E-state index is 12.6. The SMILES string of the molecule is C[C@@H]1CN(C(=O)O)[C@@H](C)CN1S(=O)(=O)c1ccccc1. The molecule has 110 valence electrons. The van der Waals surface area contributed by atoms with E-state index < -0.39 is 16.1 Å². The molecule has 6 nitrogen and oxygen atoms in total. The number of carbonyl (C=O) groups is 1. The number of hydrogen-bond donors (Lipinski definition) is 1. The predicted octanol–water partition coefficient (Wildman–Crippen LogP) is 1.45. The van der Waals surface area contributed by atoms with Crippen LogP contribution in [0.4, 0.5) is 4.79 Å². The van der Waals surface area contributed by atoms with Crippen molar-refractivity contribution in [3.63, 3.8) is 0 Å². The van der Waals surface area contributed by atoms with Gasteiger partial charge in [-0.15, -0.1) is 0 Å². The Balaban J connectivity index is 2.28. The van der Waals surface area contributed by atoms with Crippen LogP contribution in [0.25, 0.3) is 0 Å². The van der Waals surface area contributed by atoms with Crippen LogP contribution in [-0.4, -0.2) is 54.0 Å². The van der Waals surface area contributed by atoms with E-state index in [0.717, 1.165) is 0 Å². The Kier molecular flexibility index (Phi) is 4.01. The Morgan fingerprint density at radius 1 is 1.15 bits per heavy atom. The number of piperazine rings is 1. The first kappa shape index (κ1) is 14.8. The normalized spacial score (nSPS) is 24.6. The summed E-state index contributed by atoms with van der Waals surface area (Å²) < 4.78 is 26.5. The molecule has 0 bridgehead atoms. The molecule has 0 radical (unpaired) electrons. The minimum absolute atomic E-state index is 0.171. The average molecular weight is 298 g/mol. The largest absolute Gasteiger partial charge is 0.465 e. The molecule has 0 aromatic heterocycles. The maximum absolute atomic E-state index is 12.6. The smallest absolute Gasteiger partial charge is 0.407 e. The molecule has 7 heteroatoms. The molecule has 1 aliphatic heterocycles. The fourth-order valence-corrected chi connectivity index (χ4v) is 4.15. The van der Waals surface area contributed by atoms with Crippen molar-refractivity contribution in [2.75, 3.05) is 13.1 Å². The number of benzene rings is 1. The van der Waals surface area contributed by atoms with Gasteiger partial charge >= 0.3 is 6.09 Å². The number of sulfonamides is 1. The van der Waals surface area contributed by atoms with Crippen molar-refractivity contribution in [1.82, 2.24) is 9.21 Å². The molecular formula is C13H18N2O4S. The lowest BCUT2D eigenvalue weighted by Gasteiger charge is -2.41. The Morgan fingerprint density at radius 2 is 1.75 bits per heavy atom. The maximum Gasteiger partial charge on any atom is 0.407 e. The molecule has 0 spiro atoms. The molecule has 1 aromatic carbocycles. The molecule has 0 saturated carbocycles. The van der Waals surface area contributed by atoms with Gasteiger partial charge in [-0.3, -0.25) is 0 Å². The molecule has 1 fully saturated rings. The van der Waals surface area contributed by atoms with Crippen LogP contribution in [0.15, 0.2) is 35.2 Å². The van der Waals surface area contributed by atoms with Crippen molar-refractivity contribution in [2.45, 2.75) is 30.8 Å². The molecule has 1 N–H and O–H groups in total. The fourth-order valence-electron chi connectivity index (χ4n) is 2.42. The average Bonchev–Trinajstić information content (AvgIpc) is 2.41. The van der Waals surface area contributed by atoms with Crippen LogP contribution in [0.5, 0.6) is 0 Å². The van der Waals surface area contributed by atoms with Crippen molar-refractivity contribution in [3.8, 4) is 0 Å². The van der Waals surface area contributed by atoms with E-state index in [1.807, 2.05) is 0 Å². The van der Waals surface area contributed by atoms with Crippen molar-refractivity contribution < 1.29 is 18.3 Å². The van der Waals surface area contributed by atoms with Gasteiger partial charge in [-0.05, 0) is 26.0 Å². The Bertz CT molecular complexity index is 588. The van der Waals surface area contributed by atoms with E-state index in [0.29, 0.717) is 0 Å². The number of nitrogens with zero attached hydrogens (tertiary/aromatic N) is 2. The zero-order valence-corrected chi connectivity index (χ0v) is 12.2. The second-order valence-corrected chi connectivity index (χ2v) is 6.91. The van der Waals surface area contributed by atoms with Gasteiger partial charge in [-0.1, -0.05) is 18.2 Å². The Labute approximate surface area is 118 Å². The van der Waals surface area contributed by atoms with E-state index in [1.165, 1.54) is 9.21 Å². The van der Waals surface area contributed by atoms with Crippen LogP contribution in [0.1, 0.15) is 13.8 Å². The monoisotopic (exact) mass is 298 g/mol. The molecular weight excluding hydrogens is 280 g/mol. The minimum Gasteiger partial charge on any atom is -0.465 e. The van der Waals surface area contributed by atoms with Crippen LogP contribution < -0.4 is 0 Å². The number of amides is 1. The summed E-state index contributed by atoms with van der Waals surface area (Å²) >= 11 is 0. The van der Waals surface area contributed by atoms with E-state index in [4.69, 9.17) is 5.11 Å². The molecule has 1 amide bonds. The van der Waals surface area contributed by atoms with Gasteiger partial charge in [-0.2, -0.15) is 4.31 Å². The van der Waals surface area contributed by atoms with Crippen LogP contribution in [0.3, 0.4) is 0 Å². The molecule has 0 aliphatic carbocycles. The van der Waals surface area contributed by atoms with E-state index >= 15 is 0 Å². The zero-order chi connectivity index (χ0) is 14.9. The summed E-state index contributed by atoms with van der Waals surface area (Å²) in [5.74, 6) is 0. The third kappa shape index (κ3) is 2.64. The van der Waals surface area contributed by atoms with Crippen LogP contribution >= 0.6 is 0 Å². The molecule has 2 atom stereocenters. The fraction of sp³-hybridized carbons (Fsp3) is 0.462. The summed E-state index contributed by atoms with van der Waals surface area (Å²) in [6.07, 6.45) is -1.01. The molecule has 0 unspecified atom stereocenters. The molecule has 1 aromatic rings. The van der Waals surface area contributed by atoms with E-state index in [1.54, 1.807) is 44.2 Å². The van der Waals surface area contributed by atoms with E-state index in [2.05, 4.69) is 0 Å². The lowest BCUT2D eigenvalue weighted by molar-refractivity contribution is 0.0792. The highest BCUT2D eigenvalue weighted by Gasteiger charge is 2.38. The predicted molar refractivity (Wildman–Crippen MR) is 74.0 cm³/mol. The molecule has 1 aliphatic rings. The lowest BCUT2D eigenvalue weighted by Crippen LogP contribution is -2.59. The highest BCUT2D eigenvalue weighted by atomic mass is 32.2. The summed E-state index contributed by atoms with van der Waals surface area (Å²) in [4.78, 5) is 12.6. The van der Waals surface area contributed by atoms with Gasteiger partial charge < -0.3 is 10.0 Å².